The fourth-order valence-electron chi connectivity index (χ4n) is 3.56. The van der Waals surface area contributed by atoms with Crippen molar-refractivity contribution in [3.05, 3.63) is 59.2 Å². The van der Waals surface area contributed by atoms with Crippen LogP contribution in [0.15, 0.2) is 42.5 Å². The van der Waals surface area contributed by atoms with Gasteiger partial charge in [-0.1, -0.05) is 18.2 Å². The van der Waals surface area contributed by atoms with Gasteiger partial charge >= 0.3 is 0 Å². The molecule has 0 bridgehead atoms. The summed E-state index contributed by atoms with van der Waals surface area (Å²) in [5.74, 6) is 1.05. The number of aliphatic hydroxyl groups excluding tert-OH is 1. The number of hydrogen-bond acceptors (Lipinski definition) is 6. The van der Waals surface area contributed by atoms with E-state index in [0.717, 1.165) is 22.4 Å². The van der Waals surface area contributed by atoms with E-state index >= 15 is 0 Å². The second kappa shape index (κ2) is 9.56. The number of likely N-dealkylation sites (N-methyl/N-ethyl adjacent to an activating group) is 1. The van der Waals surface area contributed by atoms with Crippen molar-refractivity contribution in [2.45, 2.75) is 12.5 Å². The Labute approximate surface area is 175 Å². The average Bonchev–Trinajstić information content (AvgIpc) is 3.16. The third-order valence-corrected chi connectivity index (χ3v) is 5.20. The molecule has 2 aromatic carbocycles. The second-order valence-corrected chi connectivity index (χ2v) is 7.11. The van der Waals surface area contributed by atoms with Crippen molar-refractivity contribution in [3.63, 3.8) is 0 Å². The molecule has 7 nitrogen and oxygen atoms in total. The lowest BCUT2D eigenvalue weighted by Crippen LogP contribution is -2.37. The molecule has 0 spiro atoms. The minimum absolute atomic E-state index is 0.0660. The highest BCUT2D eigenvalue weighted by molar-refractivity contribution is 6.01. The molecule has 3 rings (SSSR count). The van der Waals surface area contributed by atoms with Crippen LogP contribution in [0.1, 0.15) is 21.5 Å². The molecule has 0 aromatic heterocycles. The van der Waals surface area contributed by atoms with Crippen molar-refractivity contribution < 1.29 is 24.2 Å². The van der Waals surface area contributed by atoms with Crippen LogP contribution in [0.3, 0.4) is 0 Å². The molecule has 0 radical (unpaired) electrons. The zero-order valence-electron chi connectivity index (χ0n) is 17.3. The van der Waals surface area contributed by atoms with Crippen molar-refractivity contribution in [1.82, 2.24) is 4.90 Å². The van der Waals surface area contributed by atoms with Gasteiger partial charge in [-0.15, -0.1) is 0 Å². The number of nitrogens with one attached hydrogen (secondary N) is 1. The summed E-state index contributed by atoms with van der Waals surface area (Å²) in [5.41, 5.74) is 3.52. The van der Waals surface area contributed by atoms with Crippen LogP contribution in [-0.2, 0) is 11.2 Å². The van der Waals surface area contributed by atoms with Gasteiger partial charge in [-0.2, -0.15) is 0 Å². The van der Waals surface area contributed by atoms with Gasteiger partial charge in [-0.3, -0.25) is 14.5 Å². The lowest BCUT2D eigenvalue weighted by Gasteiger charge is -2.20. The molecule has 1 aliphatic heterocycles. The summed E-state index contributed by atoms with van der Waals surface area (Å²) in [6.07, 6.45) is 2.96. The maximum atomic E-state index is 13.0. The summed E-state index contributed by atoms with van der Waals surface area (Å²) < 4.78 is 10.5. The Morgan fingerprint density at radius 1 is 1.23 bits per heavy atom. The van der Waals surface area contributed by atoms with Crippen LogP contribution in [0, 0.1) is 0 Å². The smallest absolute Gasteiger partial charge is 0.245 e. The number of nitrogens with zero attached hydrogens (tertiary/aromatic N) is 1. The van der Waals surface area contributed by atoms with Gasteiger partial charge in [0.1, 0.15) is 17.5 Å². The Balaban J connectivity index is 1.83. The number of benzene rings is 2. The number of methoxy groups -OCH3 is 2. The Kier molecular flexibility index (Phi) is 6.87. The van der Waals surface area contributed by atoms with Gasteiger partial charge in [0.05, 0.1) is 19.9 Å². The predicted octanol–water partition coefficient (Wildman–Crippen LogP) is 2.39. The van der Waals surface area contributed by atoms with Crippen molar-refractivity contribution in [3.8, 4) is 11.5 Å². The zero-order chi connectivity index (χ0) is 21.7. The second-order valence-electron chi connectivity index (χ2n) is 7.11. The summed E-state index contributed by atoms with van der Waals surface area (Å²) in [6.45, 7) is 0.562. The highest BCUT2D eigenvalue weighted by atomic mass is 16.5. The van der Waals surface area contributed by atoms with Gasteiger partial charge in [-0.05, 0) is 54.4 Å². The van der Waals surface area contributed by atoms with Crippen LogP contribution in [0.25, 0.3) is 5.57 Å². The number of ether oxygens (including phenoxy) is 2. The number of aliphatic hydroxyl groups is 1. The molecule has 2 aromatic rings. The third-order valence-electron chi connectivity index (χ3n) is 5.20. The largest absolute Gasteiger partial charge is 0.497 e. The molecule has 7 heteroatoms. The number of carbonyl (C=O) groups is 2. The minimum atomic E-state index is -0.468. The van der Waals surface area contributed by atoms with E-state index in [1.54, 1.807) is 19.2 Å². The van der Waals surface area contributed by atoms with Crippen LogP contribution < -0.4 is 14.8 Å². The van der Waals surface area contributed by atoms with Crippen LogP contribution in [-0.4, -0.2) is 62.7 Å². The van der Waals surface area contributed by atoms with Gasteiger partial charge in [0.25, 0.3) is 0 Å². The minimum Gasteiger partial charge on any atom is -0.497 e. The Morgan fingerprint density at radius 3 is 2.57 bits per heavy atom. The number of aldehydes is 1. The molecule has 30 heavy (non-hydrogen) atoms. The highest BCUT2D eigenvalue weighted by Crippen LogP contribution is 2.29. The van der Waals surface area contributed by atoms with Gasteiger partial charge in [0.2, 0.25) is 5.91 Å². The summed E-state index contributed by atoms with van der Waals surface area (Å²) in [5, 5.41) is 12.1. The topological polar surface area (TPSA) is 88.1 Å². The SMILES string of the molecule is COc1ccc(C2=CC(C(=O)Nc3cc(CCO)c(OC)cc3C=O)N(C)C2)cc1. The molecule has 2 N–H and O–H groups in total. The van der Waals surface area contributed by atoms with E-state index in [-0.39, 0.29) is 12.5 Å². The van der Waals surface area contributed by atoms with E-state index in [1.807, 2.05) is 42.3 Å². The summed E-state index contributed by atoms with van der Waals surface area (Å²) in [4.78, 5) is 26.5. The van der Waals surface area contributed by atoms with Crippen LogP contribution >= 0.6 is 0 Å². The van der Waals surface area contributed by atoms with E-state index in [2.05, 4.69) is 5.32 Å². The first-order valence-electron chi connectivity index (χ1n) is 9.63. The number of hydrogen-bond donors (Lipinski definition) is 2. The van der Waals surface area contributed by atoms with Gasteiger partial charge in [-0.25, -0.2) is 0 Å². The number of amides is 1. The lowest BCUT2D eigenvalue weighted by atomic mass is 10.0. The molecular weight excluding hydrogens is 384 g/mol. The van der Waals surface area contributed by atoms with Gasteiger partial charge < -0.3 is 19.9 Å². The average molecular weight is 410 g/mol. The van der Waals surface area contributed by atoms with Crippen LogP contribution in [0.5, 0.6) is 11.5 Å². The lowest BCUT2D eigenvalue weighted by molar-refractivity contribution is -0.118. The molecule has 0 saturated carbocycles. The fourth-order valence-corrected chi connectivity index (χ4v) is 3.56. The Bertz CT molecular complexity index is 953. The Hall–Kier alpha value is -3.16. The highest BCUT2D eigenvalue weighted by Gasteiger charge is 2.29. The normalized spacial score (nSPS) is 16.1. The first-order chi connectivity index (χ1) is 14.5. The quantitative estimate of drug-likeness (QED) is 0.650. The molecule has 158 valence electrons. The summed E-state index contributed by atoms with van der Waals surface area (Å²) in [7, 11) is 5.00. The molecule has 1 atom stereocenters. The number of anilines is 1. The predicted molar refractivity (Wildman–Crippen MR) is 115 cm³/mol. The van der Waals surface area contributed by atoms with Crippen molar-refractivity contribution in [1.29, 1.82) is 0 Å². The molecule has 1 amide bonds. The zero-order valence-corrected chi connectivity index (χ0v) is 17.3. The van der Waals surface area contributed by atoms with Crippen molar-refractivity contribution in [2.75, 3.05) is 39.7 Å². The summed E-state index contributed by atoms with van der Waals surface area (Å²) in [6, 6.07) is 10.5. The fraction of sp³-hybridized carbons (Fsp3) is 0.304. The molecule has 1 heterocycles. The standard InChI is InChI=1S/C23H26N2O5/c1-25-13-17(15-4-6-19(29-2)7-5-15)11-21(25)23(28)24-20-10-16(8-9-26)22(30-3)12-18(20)14-27/h4-7,10-12,14,21,26H,8-9,13H2,1-3H3,(H,24,28). The number of rotatable bonds is 8. The van der Waals surface area contributed by atoms with E-state index in [9.17, 15) is 14.7 Å². The van der Waals surface area contributed by atoms with Gasteiger partial charge in [0, 0.05) is 18.7 Å². The Morgan fingerprint density at radius 2 is 1.97 bits per heavy atom. The van der Waals surface area contributed by atoms with E-state index in [1.165, 1.54) is 7.11 Å². The van der Waals surface area contributed by atoms with E-state index in [4.69, 9.17) is 9.47 Å². The monoisotopic (exact) mass is 410 g/mol. The molecule has 0 saturated heterocycles. The van der Waals surface area contributed by atoms with Gasteiger partial charge in [0.15, 0.2) is 6.29 Å². The summed E-state index contributed by atoms with van der Waals surface area (Å²) >= 11 is 0. The van der Waals surface area contributed by atoms with Crippen LogP contribution in [0.2, 0.25) is 0 Å². The molecule has 1 aliphatic rings. The number of carbonyl (C=O) groups excluding carboxylic acids is 2. The first-order valence-corrected chi connectivity index (χ1v) is 9.63. The van der Waals surface area contributed by atoms with Crippen LogP contribution in [0.4, 0.5) is 5.69 Å². The molecule has 0 aliphatic carbocycles. The van der Waals surface area contributed by atoms with E-state index in [0.29, 0.717) is 36.3 Å². The third kappa shape index (κ3) is 4.53. The molecular formula is C23H26N2O5. The molecule has 1 unspecified atom stereocenters. The molecule has 0 fully saturated rings. The van der Waals surface area contributed by atoms with Crippen molar-refractivity contribution >= 4 is 23.5 Å². The first kappa shape index (κ1) is 21.5. The maximum Gasteiger partial charge on any atom is 0.245 e. The van der Waals surface area contributed by atoms with E-state index < -0.39 is 6.04 Å². The maximum absolute atomic E-state index is 13.0. The van der Waals surface area contributed by atoms with Crippen molar-refractivity contribution in [2.24, 2.45) is 0 Å².